The van der Waals surface area contributed by atoms with Gasteiger partial charge in [-0.05, 0) is 24.5 Å². The Labute approximate surface area is 91.4 Å². The van der Waals surface area contributed by atoms with E-state index in [2.05, 4.69) is 4.98 Å². The molecule has 16 heavy (non-hydrogen) atoms. The summed E-state index contributed by atoms with van der Waals surface area (Å²) in [5.41, 5.74) is 1.36. The van der Waals surface area contributed by atoms with Gasteiger partial charge in [-0.2, -0.15) is 0 Å². The number of esters is 1. The first-order chi connectivity index (χ1) is 7.72. The molecular formula is C11H10FNO3. The van der Waals surface area contributed by atoms with Gasteiger partial charge in [-0.25, -0.2) is 9.18 Å². The fourth-order valence-corrected chi connectivity index (χ4v) is 1.76. The van der Waals surface area contributed by atoms with Crippen LogP contribution in [0.1, 0.15) is 22.3 Å². The number of ether oxygens (including phenoxy) is 1. The van der Waals surface area contributed by atoms with Crippen molar-refractivity contribution in [3.05, 3.63) is 29.6 Å². The molecule has 0 radical (unpaired) electrons. The normalized spacial score (nSPS) is 19.1. The predicted molar refractivity (Wildman–Crippen MR) is 52.7 cm³/mol. The van der Waals surface area contributed by atoms with Crippen molar-refractivity contribution in [2.24, 2.45) is 0 Å². The third-order valence-electron chi connectivity index (χ3n) is 2.52. The number of carbonyl (C=O) groups is 2. The van der Waals surface area contributed by atoms with Crippen molar-refractivity contribution in [3.8, 4) is 0 Å². The van der Waals surface area contributed by atoms with E-state index in [-0.39, 0.29) is 5.78 Å². The quantitative estimate of drug-likeness (QED) is 0.704. The van der Waals surface area contributed by atoms with E-state index in [9.17, 15) is 14.0 Å². The van der Waals surface area contributed by atoms with Gasteiger partial charge in [0.25, 0.3) is 0 Å². The van der Waals surface area contributed by atoms with Gasteiger partial charge in [0.15, 0.2) is 12.8 Å². The number of alkyl halides is 1. The summed E-state index contributed by atoms with van der Waals surface area (Å²) in [5, 5.41) is 0. The number of fused-ring (bicyclic) bond motifs is 1. The van der Waals surface area contributed by atoms with Crippen LogP contribution in [0.25, 0.3) is 0 Å². The number of halogens is 1. The van der Waals surface area contributed by atoms with Gasteiger partial charge in [-0.15, -0.1) is 0 Å². The van der Waals surface area contributed by atoms with Gasteiger partial charge in [-0.1, -0.05) is 0 Å². The molecule has 2 rings (SSSR count). The molecule has 5 heteroatoms. The van der Waals surface area contributed by atoms with Gasteiger partial charge in [0.2, 0.25) is 5.78 Å². The lowest BCUT2D eigenvalue weighted by Crippen LogP contribution is -2.32. The molecule has 0 amide bonds. The number of hydrogen-bond acceptors (Lipinski definition) is 4. The second kappa shape index (κ2) is 4.38. The molecule has 0 aliphatic heterocycles. The number of aryl methyl sites for hydroxylation is 1. The van der Waals surface area contributed by atoms with Crippen molar-refractivity contribution >= 4 is 11.8 Å². The molecule has 1 aliphatic rings. The molecule has 0 fully saturated rings. The molecule has 0 spiro atoms. The smallest absolute Gasteiger partial charge is 0.338 e. The first kappa shape index (κ1) is 10.7. The minimum Gasteiger partial charge on any atom is -0.452 e. The number of ketones is 1. The standard InChI is InChI=1S/C11H10FNO3/c12-5-10(14)16-9-2-1-7-6-13-4-3-8(7)11(9)15/h3-4,6,9H,1-2,5H2. The Morgan fingerprint density at radius 2 is 2.44 bits per heavy atom. The maximum absolute atomic E-state index is 12.0. The zero-order valence-corrected chi connectivity index (χ0v) is 8.48. The first-order valence-corrected chi connectivity index (χ1v) is 4.95. The van der Waals surface area contributed by atoms with E-state index in [1.165, 1.54) is 6.20 Å². The van der Waals surface area contributed by atoms with Crippen molar-refractivity contribution in [1.29, 1.82) is 0 Å². The summed E-state index contributed by atoms with van der Waals surface area (Å²) in [6, 6.07) is 1.59. The van der Waals surface area contributed by atoms with Crippen LogP contribution in [-0.4, -0.2) is 29.5 Å². The van der Waals surface area contributed by atoms with Gasteiger partial charge in [0.1, 0.15) is 0 Å². The predicted octanol–water partition coefficient (Wildman–Crippen LogP) is 1.09. The molecule has 1 aromatic heterocycles. The summed E-state index contributed by atoms with van der Waals surface area (Å²) in [4.78, 5) is 26.5. The molecule has 4 nitrogen and oxygen atoms in total. The fraction of sp³-hybridized carbons (Fsp3) is 0.364. The highest BCUT2D eigenvalue weighted by Gasteiger charge is 2.30. The summed E-state index contributed by atoms with van der Waals surface area (Å²) in [7, 11) is 0. The largest absolute Gasteiger partial charge is 0.452 e. The van der Waals surface area contributed by atoms with E-state index >= 15 is 0 Å². The minimum atomic E-state index is -1.20. The maximum atomic E-state index is 12.0. The number of Topliss-reactive ketones (excluding diaryl/α,β-unsaturated/α-hetero) is 1. The van der Waals surface area contributed by atoms with Crippen LogP contribution in [0.3, 0.4) is 0 Å². The lowest BCUT2D eigenvalue weighted by atomic mass is 9.90. The second-order valence-electron chi connectivity index (χ2n) is 3.55. The van der Waals surface area contributed by atoms with Gasteiger partial charge in [0.05, 0.1) is 0 Å². The van der Waals surface area contributed by atoms with E-state index in [0.29, 0.717) is 18.4 Å². The Balaban J connectivity index is 2.18. The molecule has 1 aromatic rings. The highest BCUT2D eigenvalue weighted by Crippen LogP contribution is 2.22. The van der Waals surface area contributed by atoms with Crippen molar-refractivity contribution in [2.75, 3.05) is 6.67 Å². The molecule has 0 bridgehead atoms. The maximum Gasteiger partial charge on any atom is 0.338 e. The summed E-state index contributed by atoms with van der Waals surface area (Å²) in [6.07, 6.45) is 3.29. The highest BCUT2D eigenvalue weighted by molar-refractivity contribution is 6.02. The number of aromatic nitrogens is 1. The highest BCUT2D eigenvalue weighted by atomic mass is 19.1. The molecule has 1 unspecified atom stereocenters. The molecule has 1 aliphatic carbocycles. The SMILES string of the molecule is O=C(CF)OC1CCc2cnccc2C1=O. The average Bonchev–Trinajstić information content (AvgIpc) is 2.33. The summed E-state index contributed by atoms with van der Waals surface area (Å²) in [6.45, 7) is -1.20. The Kier molecular flexibility index (Phi) is 2.94. The molecule has 0 aromatic carbocycles. The Hall–Kier alpha value is -1.78. The summed E-state index contributed by atoms with van der Waals surface area (Å²) >= 11 is 0. The Morgan fingerprint density at radius 3 is 3.19 bits per heavy atom. The number of rotatable bonds is 2. The summed E-state index contributed by atoms with van der Waals surface area (Å²) in [5.74, 6) is -1.26. The summed E-state index contributed by atoms with van der Waals surface area (Å²) < 4.78 is 16.7. The Morgan fingerprint density at radius 1 is 1.62 bits per heavy atom. The molecule has 0 saturated carbocycles. The van der Waals surface area contributed by atoms with Crippen LogP contribution in [0.4, 0.5) is 4.39 Å². The van der Waals surface area contributed by atoms with Gasteiger partial charge in [-0.3, -0.25) is 9.78 Å². The molecule has 1 heterocycles. The minimum absolute atomic E-state index is 0.273. The third-order valence-corrected chi connectivity index (χ3v) is 2.52. The van der Waals surface area contributed by atoms with Crippen LogP contribution in [-0.2, 0) is 16.0 Å². The van der Waals surface area contributed by atoms with E-state index in [1.54, 1.807) is 12.3 Å². The van der Waals surface area contributed by atoms with Crippen LogP contribution >= 0.6 is 0 Å². The van der Waals surface area contributed by atoms with Crippen molar-refractivity contribution in [2.45, 2.75) is 18.9 Å². The molecule has 0 N–H and O–H groups in total. The van der Waals surface area contributed by atoms with E-state index in [4.69, 9.17) is 4.74 Å². The lowest BCUT2D eigenvalue weighted by Gasteiger charge is -2.22. The molecule has 84 valence electrons. The third kappa shape index (κ3) is 1.93. The molecular weight excluding hydrogens is 213 g/mol. The van der Waals surface area contributed by atoms with E-state index < -0.39 is 18.7 Å². The number of hydrogen-bond donors (Lipinski definition) is 0. The number of pyridine rings is 1. The average molecular weight is 223 g/mol. The Bertz CT molecular complexity index is 433. The van der Waals surface area contributed by atoms with Crippen LogP contribution < -0.4 is 0 Å². The zero-order chi connectivity index (χ0) is 11.5. The van der Waals surface area contributed by atoms with E-state index in [1.807, 2.05) is 0 Å². The second-order valence-corrected chi connectivity index (χ2v) is 3.55. The van der Waals surface area contributed by atoms with Crippen LogP contribution in [0.2, 0.25) is 0 Å². The first-order valence-electron chi connectivity index (χ1n) is 4.95. The molecule has 1 atom stereocenters. The number of carbonyl (C=O) groups excluding carboxylic acids is 2. The van der Waals surface area contributed by atoms with Gasteiger partial charge in [0, 0.05) is 18.0 Å². The fourth-order valence-electron chi connectivity index (χ4n) is 1.76. The van der Waals surface area contributed by atoms with Crippen molar-refractivity contribution < 1.29 is 18.7 Å². The van der Waals surface area contributed by atoms with Crippen LogP contribution in [0, 0.1) is 0 Å². The zero-order valence-electron chi connectivity index (χ0n) is 8.48. The van der Waals surface area contributed by atoms with Gasteiger partial charge >= 0.3 is 5.97 Å². The van der Waals surface area contributed by atoms with Gasteiger partial charge < -0.3 is 4.74 Å². The lowest BCUT2D eigenvalue weighted by molar-refractivity contribution is -0.148. The number of nitrogens with zero attached hydrogens (tertiary/aromatic N) is 1. The van der Waals surface area contributed by atoms with Crippen LogP contribution in [0.15, 0.2) is 18.5 Å². The van der Waals surface area contributed by atoms with E-state index in [0.717, 1.165) is 5.56 Å². The van der Waals surface area contributed by atoms with Crippen LogP contribution in [0.5, 0.6) is 0 Å². The van der Waals surface area contributed by atoms with Crippen molar-refractivity contribution in [1.82, 2.24) is 4.98 Å². The topological polar surface area (TPSA) is 56.3 Å². The monoisotopic (exact) mass is 223 g/mol. The van der Waals surface area contributed by atoms with Crippen molar-refractivity contribution in [3.63, 3.8) is 0 Å². The molecule has 0 saturated heterocycles.